The van der Waals surface area contributed by atoms with E-state index in [0.29, 0.717) is 6.04 Å². The number of nitrogens with zero attached hydrogens (tertiary/aromatic N) is 2. The largest absolute Gasteiger partial charge is 0.361 e. The molecule has 0 amide bonds. The van der Waals surface area contributed by atoms with Gasteiger partial charge < -0.3 is 10.3 Å². The van der Waals surface area contributed by atoms with Crippen molar-refractivity contribution in [3.05, 3.63) is 30.7 Å². The summed E-state index contributed by atoms with van der Waals surface area (Å²) in [5.41, 5.74) is 2.29. The second-order valence-electron chi connectivity index (χ2n) is 3.94. The molecular formula is C11H14N4. The van der Waals surface area contributed by atoms with E-state index in [1.807, 2.05) is 18.5 Å². The Hall–Kier alpha value is -1.55. The molecule has 3 rings (SSSR count). The number of hydrogen-bond acceptors (Lipinski definition) is 2. The van der Waals surface area contributed by atoms with E-state index in [1.165, 1.54) is 6.42 Å². The van der Waals surface area contributed by atoms with Gasteiger partial charge in [0.25, 0.3) is 0 Å². The molecule has 1 atom stereocenters. The highest BCUT2D eigenvalue weighted by Crippen LogP contribution is 2.20. The van der Waals surface area contributed by atoms with Crippen LogP contribution in [0.15, 0.2) is 30.7 Å². The van der Waals surface area contributed by atoms with E-state index < -0.39 is 0 Å². The van der Waals surface area contributed by atoms with Crippen LogP contribution in [-0.2, 0) is 0 Å². The van der Waals surface area contributed by atoms with Crippen LogP contribution >= 0.6 is 0 Å². The van der Waals surface area contributed by atoms with Crippen molar-refractivity contribution in [1.82, 2.24) is 20.1 Å². The number of rotatable bonds is 2. The van der Waals surface area contributed by atoms with Crippen LogP contribution in [0.2, 0.25) is 0 Å². The second-order valence-corrected chi connectivity index (χ2v) is 3.94. The zero-order chi connectivity index (χ0) is 10.1. The number of hydrogen-bond donors (Lipinski definition) is 2. The Morgan fingerprint density at radius 1 is 1.47 bits per heavy atom. The first-order valence-electron chi connectivity index (χ1n) is 5.32. The van der Waals surface area contributed by atoms with E-state index in [1.54, 1.807) is 0 Å². The number of aromatic nitrogens is 3. The van der Waals surface area contributed by atoms with Crippen molar-refractivity contribution in [2.75, 3.05) is 13.1 Å². The van der Waals surface area contributed by atoms with Gasteiger partial charge in [-0.2, -0.15) is 5.10 Å². The molecule has 1 fully saturated rings. The standard InChI is InChI=1S/C11H14N4/c1-2-11(13-4-1)9-6-14-15(8-9)10-3-5-12-7-10/h1-2,4,6,8,10,12-13H,3,5,7H2/t10-/m0/s1. The van der Waals surface area contributed by atoms with Crippen LogP contribution in [0.1, 0.15) is 12.5 Å². The van der Waals surface area contributed by atoms with Crippen molar-refractivity contribution in [1.29, 1.82) is 0 Å². The maximum absolute atomic E-state index is 4.41. The lowest BCUT2D eigenvalue weighted by Crippen LogP contribution is -2.13. The third-order valence-corrected chi connectivity index (χ3v) is 2.92. The summed E-state index contributed by atoms with van der Waals surface area (Å²) in [6, 6.07) is 4.59. The quantitative estimate of drug-likeness (QED) is 0.773. The summed E-state index contributed by atoms with van der Waals surface area (Å²) in [7, 11) is 0. The molecule has 0 aliphatic carbocycles. The fourth-order valence-corrected chi connectivity index (χ4v) is 2.05. The van der Waals surface area contributed by atoms with Gasteiger partial charge in [0.2, 0.25) is 0 Å². The Balaban J connectivity index is 1.87. The Bertz CT molecular complexity index is 423. The monoisotopic (exact) mass is 202 g/mol. The smallest absolute Gasteiger partial charge is 0.0655 e. The van der Waals surface area contributed by atoms with Crippen LogP contribution in [-0.4, -0.2) is 27.9 Å². The van der Waals surface area contributed by atoms with E-state index in [2.05, 4.69) is 32.3 Å². The molecule has 0 saturated carbocycles. The Morgan fingerprint density at radius 3 is 3.20 bits per heavy atom. The topological polar surface area (TPSA) is 45.6 Å². The zero-order valence-electron chi connectivity index (χ0n) is 8.48. The van der Waals surface area contributed by atoms with Crippen molar-refractivity contribution in [3.8, 4) is 11.3 Å². The first-order chi connectivity index (χ1) is 7.43. The Kier molecular flexibility index (Phi) is 2.07. The molecule has 1 aliphatic rings. The van der Waals surface area contributed by atoms with Gasteiger partial charge in [0.05, 0.1) is 12.2 Å². The van der Waals surface area contributed by atoms with E-state index in [-0.39, 0.29) is 0 Å². The number of aromatic amines is 1. The summed E-state index contributed by atoms with van der Waals surface area (Å²) >= 11 is 0. The van der Waals surface area contributed by atoms with Crippen molar-refractivity contribution in [3.63, 3.8) is 0 Å². The SMILES string of the molecule is c1c[nH]c(-c2cnn([C@H]3CCNC3)c2)c1. The van der Waals surface area contributed by atoms with Crippen LogP contribution in [0.25, 0.3) is 11.3 Å². The Morgan fingerprint density at radius 2 is 2.47 bits per heavy atom. The average molecular weight is 202 g/mol. The van der Waals surface area contributed by atoms with Crippen LogP contribution in [0.3, 0.4) is 0 Å². The van der Waals surface area contributed by atoms with Crippen LogP contribution in [0, 0.1) is 0 Å². The molecule has 2 aromatic heterocycles. The van der Waals surface area contributed by atoms with Gasteiger partial charge in [-0.15, -0.1) is 0 Å². The van der Waals surface area contributed by atoms with E-state index in [0.717, 1.165) is 24.3 Å². The highest BCUT2D eigenvalue weighted by Gasteiger charge is 2.17. The molecule has 78 valence electrons. The van der Waals surface area contributed by atoms with Gasteiger partial charge in [-0.3, -0.25) is 4.68 Å². The fourth-order valence-electron chi connectivity index (χ4n) is 2.05. The summed E-state index contributed by atoms with van der Waals surface area (Å²) in [5, 5.41) is 7.76. The molecule has 0 bridgehead atoms. The first-order valence-corrected chi connectivity index (χ1v) is 5.32. The molecule has 4 nitrogen and oxygen atoms in total. The van der Waals surface area contributed by atoms with Gasteiger partial charge in [-0.1, -0.05) is 0 Å². The number of nitrogens with one attached hydrogen (secondary N) is 2. The fraction of sp³-hybridized carbons (Fsp3) is 0.364. The lowest BCUT2D eigenvalue weighted by atomic mass is 10.2. The predicted octanol–water partition coefficient (Wildman–Crippen LogP) is 1.41. The summed E-state index contributed by atoms with van der Waals surface area (Å²) < 4.78 is 2.07. The van der Waals surface area contributed by atoms with Crippen molar-refractivity contribution >= 4 is 0 Å². The molecule has 2 N–H and O–H groups in total. The van der Waals surface area contributed by atoms with E-state index in [4.69, 9.17) is 0 Å². The molecule has 2 aromatic rings. The summed E-state index contributed by atoms with van der Waals surface area (Å²) in [6.45, 7) is 2.13. The van der Waals surface area contributed by atoms with Gasteiger partial charge in [-0.25, -0.2) is 0 Å². The Labute approximate surface area is 88.3 Å². The molecular weight excluding hydrogens is 188 g/mol. The van der Waals surface area contributed by atoms with Crippen LogP contribution in [0.5, 0.6) is 0 Å². The maximum Gasteiger partial charge on any atom is 0.0655 e. The number of H-pyrrole nitrogens is 1. The minimum Gasteiger partial charge on any atom is -0.361 e. The van der Waals surface area contributed by atoms with Crippen LogP contribution < -0.4 is 5.32 Å². The molecule has 15 heavy (non-hydrogen) atoms. The van der Waals surface area contributed by atoms with Crippen molar-refractivity contribution in [2.24, 2.45) is 0 Å². The molecule has 1 saturated heterocycles. The summed E-state index contributed by atoms with van der Waals surface area (Å²) in [5.74, 6) is 0. The zero-order valence-corrected chi connectivity index (χ0v) is 8.48. The lowest BCUT2D eigenvalue weighted by molar-refractivity contribution is 0.491. The van der Waals surface area contributed by atoms with Gasteiger partial charge in [-0.05, 0) is 25.1 Å². The third kappa shape index (κ3) is 1.57. The van der Waals surface area contributed by atoms with E-state index in [9.17, 15) is 0 Å². The van der Waals surface area contributed by atoms with E-state index >= 15 is 0 Å². The molecule has 4 heteroatoms. The second kappa shape index (κ2) is 3.55. The minimum absolute atomic E-state index is 0.522. The van der Waals surface area contributed by atoms with Gasteiger partial charge in [0.1, 0.15) is 0 Å². The predicted molar refractivity (Wildman–Crippen MR) is 58.5 cm³/mol. The average Bonchev–Trinajstić information content (AvgIpc) is 3.02. The molecule has 1 aliphatic heterocycles. The molecule has 0 radical (unpaired) electrons. The third-order valence-electron chi connectivity index (χ3n) is 2.92. The highest BCUT2D eigenvalue weighted by molar-refractivity contribution is 5.56. The van der Waals surface area contributed by atoms with Gasteiger partial charge in [0, 0.05) is 30.2 Å². The highest BCUT2D eigenvalue weighted by atomic mass is 15.3. The van der Waals surface area contributed by atoms with Gasteiger partial charge >= 0.3 is 0 Å². The first kappa shape index (κ1) is 8.73. The molecule has 0 spiro atoms. The van der Waals surface area contributed by atoms with Gasteiger partial charge in [0.15, 0.2) is 0 Å². The van der Waals surface area contributed by atoms with Crippen LogP contribution in [0.4, 0.5) is 0 Å². The normalized spacial score (nSPS) is 20.9. The van der Waals surface area contributed by atoms with Crippen molar-refractivity contribution < 1.29 is 0 Å². The van der Waals surface area contributed by atoms with Crippen molar-refractivity contribution in [2.45, 2.75) is 12.5 Å². The molecule has 0 aromatic carbocycles. The summed E-state index contributed by atoms with van der Waals surface area (Å²) in [6.07, 6.45) is 7.14. The maximum atomic E-state index is 4.41. The lowest BCUT2D eigenvalue weighted by Gasteiger charge is -2.07. The summed E-state index contributed by atoms with van der Waals surface area (Å²) in [4.78, 5) is 3.19. The minimum atomic E-state index is 0.522. The molecule has 3 heterocycles. The molecule has 0 unspecified atom stereocenters.